The third kappa shape index (κ3) is 8.07. The van der Waals surface area contributed by atoms with Gasteiger partial charge in [0.05, 0.1) is 6.42 Å². The van der Waals surface area contributed by atoms with Gasteiger partial charge in [-0.3, -0.25) is 28.8 Å². The number of cyclic esters (lactones) is 1. The molecule has 0 saturated carbocycles. The molecule has 2 fully saturated rings. The van der Waals surface area contributed by atoms with Crippen molar-refractivity contribution in [3.63, 3.8) is 0 Å². The van der Waals surface area contributed by atoms with Gasteiger partial charge >= 0.3 is 5.97 Å². The highest BCUT2D eigenvalue weighted by Gasteiger charge is 2.42. The number of carbonyl (C=O) groups is 6. The third-order valence-electron chi connectivity index (χ3n) is 8.13. The molecule has 0 aromatic rings. The van der Waals surface area contributed by atoms with E-state index in [4.69, 9.17) is 4.74 Å². The number of nitrogens with one attached hydrogen (secondary N) is 2. The van der Waals surface area contributed by atoms with Crippen LogP contribution in [0.25, 0.3) is 0 Å². The van der Waals surface area contributed by atoms with Gasteiger partial charge in [0.1, 0.15) is 24.2 Å². The van der Waals surface area contributed by atoms with E-state index in [9.17, 15) is 28.8 Å². The van der Waals surface area contributed by atoms with Crippen LogP contribution >= 0.6 is 0 Å². The van der Waals surface area contributed by atoms with Gasteiger partial charge in [0, 0.05) is 33.6 Å². The summed E-state index contributed by atoms with van der Waals surface area (Å²) in [7, 11) is 3.02. The van der Waals surface area contributed by atoms with Crippen molar-refractivity contribution in [2.45, 2.75) is 97.0 Å². The van der Waals surface area contributed by atoms with Crippen LogP contribution in [0.5, 0.6) is 0 Å². The van der Waals surface area contributed by atoms with Crippen molar-refractivity contribution in [3.05, 3.63) is 12.7 Å². The number of carbonyl (C=O) groups excluding carboxylic acids is 6. The fourth-order valence-electron chi connectivity index (χ4n) is 5.25. The van der Waals surface area contributed by atoms with E-state index >= 15 is 0 Å². The molecule has 2 aliphatic heterocycles. The Labute approximate surface area is 243 Å². The molecule has 5 amide bonds. The Bertz CT molecular complexity index is 1020. The number of amides is 5. The Morgan fingerprint density at radius 1 is 1.00 bits per heavy atom. The van der Waals surface area contributed by atoms with E-state index in [2.05, 4.69) is 17.2 Å². The molecule has 12 heteroatoms. The summed E-state index contributed by atoms with van der Waals surface area (Å²) in [4.78, 5) is 84.0. The highest BCUT2D eigenvalue weighted by molar-refractivity contribution is 5.96. The lowest BCUT2D eigenvalue weighted by Gasteiger charge is -2.38. The summed E-state index contributed by atoms with van der Waals surface area (Å²) in [6, 6.07) is -3.57. The van der Waals surface area contributed by atoms with Crippen molar-refractivity contribution >= 4 is 35.5 Å². The maximum Gasteiger partial charge on any atom is 0.308 e. The Morgan fingerprint density at radius 3 is 2.24 bits per heavy atom. The lowest BCUT2D eigenvalue weighted by atomic mass is 9.94. The van der Waals surface area contributed by atoms with E-state index < -0.39 is 65.8 Å². The Kier molecular flexibility index (Phi) is 12.3. The first-order chi connectivity index (χ1) is 19.3. The number of esters is 1. The first-order valence-electron chi connectivity index (χ1n) is 14.5. The molecule has 2 rings (SSSR count). The Balaban J connectivity index is 2.53. The molecule has 41 heavy (non-hydrogen) atoms. The van der Waals surface area contributed by atoms with E-state index in [-0.39, 0.29) is 31.2 Å². The quantitative estimate of drug-likeness (QED) is 0.364. The lowest BCUT2D eigenvalue weighted by molar-refractivity contribution is -0.161. The van der Waals surface area contributed by atoms with E-state index in [0.29, 0.717) is 25.8 Å². The second-order valence-electron chi connectivity index (χ2n) is 11.4. The van der Waals surface area contributed by atoms with Gasteiger partial charge in [0.2, 0.25) is 23.6 Å². The molecular weight excluding hydrogens is 530 g/mol. The lowest BCUT2D eigenvalue weighted by Crippen LogP contribution is -2.60. The molecule has 230 valence electrons. The number of ether oxygens (including phenoxy) is 1. The zero-order chi connectivity index (χ0) is 31.0. The number of fused-ring (bicyclic) bond motifs is 1. The zero-order valence-electron chi connectivity index (χ0n) is 25.5. The van der Waals surface area contributed by atoms with Crippen LogP contribution in [0.2, 0.25) is 0 Å². The van der Waals surface area contributed by atoms with E-state index in [1.807, 2.05) is 27.7 Å². The smallest absolute Gasteiger partial charge is 0.308 e. The van der Waals surface area contributed by atoms with Crippen LogP contribution in [-0.2, 0) is 33.5 Å². The minimum atomic E-state index is -1.17. The van der Waals surface area contributed by atoms with Crippen molar-refractivity contribution in [2.24, 2.45) is 11.8 Å². The van der Waals surface area contributed by atoms with Gasteiger partial charge in [0.25, 0.3) is 5.91 Å². The predicted octanol–water partition coefficient (Wildman–Crippen LogP) is 0.846. The Morgan fingerprint density at radius 2 is 1.66 bits per heavy atom. The summed E-state index contributed by atoms with van der Waals surface area (Å²) in [6.45, 7) is 12.8. The standard InChI is InChI=1S/C29H47N5O7/c1-9-12-21-27(38)34-16-11-13-20(34)26(37)31-23(18(5)10-2)28(39)33(8)24(17(3)4)29(40)32(7)19(6)25(36)30-15-14-22(35)41-21/h9,17-21,23-24H,1,10-16H2,2-8H3,(H,30,36)(H,31,37)/t18-,19-,20+,21+,23+,24-/m0/s1. The second-order valence-corrected chi connectivity index (χ2v) is 11.4. The SMILES string of the molecule is C=CC[C@H]1OC(=O)CCNC(=O)[C@H](C)N(C)C(=O)[C@H](C(C)C)N(C)C(=O)[C@@H]([C@@H](C)CC)NC(=O)[C@H]2CCCN2C1=O. The molecule has 0 bridgehead atoms. The molecule has 2 saturated heterocycles. The summed E-state index contributed by atoms with van der Waals surface area (Å²) in [6.07, 6.45) is 1.70. The molecule has 2 heterocycles. The van der Waals surface area contributed by atoms with Crippen molar-refractivity contribution in [1.29, 1.82) is 0 Å². The molecule has 6 atom stereocenters. The van der Waals surface area contributed by atoms with Crippen molar-refractivity contribution in [1.82, 2.24) is 25.3 Å². The van der Waals surface area contributed by atoms with Crippen LogP contribution in [0.4, 0.5) is 0 Å². The molecular formula is C29H47N5O7. The van der Waals surface area contributed by atoms with E-state index in [1.165, 1.54) is 34.9 Å². The number of likely N-dealkylation sites (N-methyl/N-ethyl adjacent to an activating group) is 2. The number of hydrogen-bond donors (Lipinski definition) is 2. The highest BCUT2D eigenvalue weighted by atomic mass is 16.5. The molecule has 12 nitrogen and oxygen atoms in total. The fraction of sp³-hybridized carbons (Fsp3) is 0.724. The molecule has 2 N–H and O–H groups in total. The maximum absolute atomic E-state index is 13.9. The molecule has 0 aliphatic carbocycles. The van der Waals surface area contributed by atoms with E-state index in [0.717, 1.165) is 0 Å². The zero-order valence-corrected chi connectivity index (χ0v) is 25.5. The summed E-state index contributed by atoms with van der Waals surface area (Å²) in [5, 5.41) is 5.51. The summed E-state index contributed by atoms with van der Waals surface area (Å²) in [5.41, 5.74) is 0. The van der Waals surface area contributed by atoms with Crippen LogP contribution in [0, 0.1) is 11.8 Å². The normalized spacial score (nSPS) is 28.8. The average molecular weight is 578 g/mol. The van der Waals surface area contributed by atoms with Crippen LogP contribution in [0.3, 0.4) is 0 Å². The Hall–Kier alpha value is -3.44. The van der Waals surface area contributed by atoms with Gasteiger partial charge in [0.15, 0.2) is 6.10 Å². The van der Waals surface area contributed by atoms with Crippen LogP contribution in [0.1, 0.15) is 66.7 Å². The summed E-state index contributed by atoms with van der Waals surface area (Å²) < 4.78 is 5.45. The molecule has 0 spiro atoms. The van der Waals surface area contributed by atoms with Gasteiger partial charge in [-0.1, -0.05) is 40.2 Å². The minimum Gasteiger partial charge on any atom is -0.452 e. The fourth-order valence-corrected chi connectivity index (χ4v) is 5.25. The van der Waals surface area contributed by atoms with Crippen molar-refractivity contribution in [2.75, 3.05) is 27.2 Å². The van der Waals surface area contributed by atoms with E-state index in [1.54, 1.807) is 6.92 Å². The first kappa shape index (κ1) is 33.8. The number of nitrogens with zero attached hydrogens (tertiary/aromatic N) is 3. The van der Waals surface area contributed by atoms with Crippen molar-refractivity contribution < 1.29 is 33.5 Å². The van der Waals surface area contributed by atoms with Gasteiger partial charge in [-0.05, 0) is 31.6 Å². The first-order valence-corrected chi connectivity index (χ1v) is 14.5. The molecule has 0 aromatic heterocycles. The maximum atomic E-state index is 13.9. The molecule has 0 unspecified atom stereocenters. The summed E-state index contributed by atoms with van der Waals surface area (Å²) >= 11 is 0. The van der Waals surface area contributed by atoms with Gasteiger partial charge < -0.3 is 30.1 Å². The molecule has 0 radical (unpaired) electrons. The monoisotopic (exact) mass is 577 g/mol. The topological polar surface area (TPSA) is 145 Å². The van der Waals surface area contributed by atoms with Crippen LogP contribution in [0.15, 0.2) is 12.7 Å². The van der Waals surface area contributed by atoms with Crippen LogP contribution < -0.4 is 10.6 Å². The number of hydrogen-bond acceptors (Lipinski definition) is 7. The third-order valence-corrected chi connectivity index (χ3v) is 8.13. The highest BCUT2D eigenvalue weighted by Crippen LogP contribution is 2.23. The summed E-state index contributed by atoms with van der Waals surface area (Å²) in [5.74, 6) is -3.58. The van der Waals surface area contributed by atoms with Crippen LogP contribution in [-0.4, -0.2) is 108 Å². The number of rotatable bonds is 5. The largest absolute Gasteiger partial charge is 0.452 e. The van der Waals surface area contributed by atoms with Gasteiger partial charge in [-0.15, -0.1) is 6.58 Å². The second kappa shape index (κ2) is 15.0. The molecule has 0 aromatic carbocycles. The minimum absolute atomic E-state index is 0.0566. The van der Waals surface area contributed by atoms with Gasteiger partial charge in [-0.2, -0.15) is 0 Å². The van der Waals surface area contributed by atoms with Crippen molar-refractivity contribution in [3.8, 4) is 0 Å². The predicted molar refractivity (Wildman–Crippen MR) is 152 cm³/mol. The van der Waals surface area contributed by atoms with Gasteiger partial charge in [-0.25, -0.2) is 0 Å². The molecule has 2 aliphatic rings. The average Bonchev–Trinajstić information content (AvgIpc) is 3.43.